The van der Waals surface area contributed by atoms with Crippen LogP contribution in [0.5, 0.6) is 0 Å². The molecule has 2 atom stereocenters. The third-order valence-corrected chi connectivity index (χ3v) is 15.5. The minimum Gasteiger partial charge on any atom is -0.342 e. The maximum absolute atomic E-state index is 13.1. The third kappa shape index (κ3) is 9.69. The highest BCUT2D eigenvalue weighted by atomic mass is 79.9. The maximum atomic E-state index is 13.1. The molecule has 0 unspecified atom stereocenters. The van der Waals surface area contributed by atoms with Gasteiger partial charge in [-0.3, -0.25) is 19.6 Å². The molecule has 9 rings (SSSR count). The monoisotopic (exact) mass is 1080 g/mol. The lowest BCUT2D eigenvalue weighted by atomic mass is 9.76. The number of aromatic nitrogens is 2. The van der Waals surface area contributed by atoms with Gasteiger partial charge < -0.3 is 10.2 Å². The van der Waals surface area contributed by atoms with E-state index in [1.807, 2.05) is 29.4 Å². The zero-order valence-electron chi connectivity index (χ0n) is 31.7. The van der Waals surface area contributed by atoms with Gasteiger partial charge in [0.05, 0.1) is 11.4 Å². The lowest BCUT2D eigenvalue weighted by molar-refractivity contribution is -0.139. The first-order valence-electron chi connectivity index (χ1n) is 20.3. The summed E-state index contributed by atoms with van der Waals surface area (Å²) in [5, 5.41) is 5.05. The van der Waals surface area contributed by atoms with Gasteiger partial charge in [-0.1, -0.05) is 62.5 Å². The van der Waals surface area contributed by atoms with Gasteiger partial charge in [-0.25, -0.2) is 0 Å². The normalized spacial score (nSPS) is 21.2. The number of ketones is 1. The molecule has 4 aromatic rings. The van der Waals surface area contributed by atoms with Crippen LogP contribution in [0.1, 0.15) is 115 Å². The summed E-state index contributed by atoms with van der Waals surface area (Å²) in [6, 6.07) is 12.8. The average molecular weight is 1080 g/mol. The number of carbonyl (C=O) groups excluding carboxylic acids is 2. The number of rotatable bonds is 3. The average Bonchev–Trinajstić information content (AvgIpc) is 3.46. The van der Waals surface area contributed by atoms with Gasteiger partial charge in [-0.05, 0) is 191 Å². The molecule has 6 nitrogen and oxygen atoms in total. The summed E-state index contributed by atoms with van der Waals surface area (Å²) in [7, 11) is 0. The van der Waals surface area contributed by atoms with Gasteiger partial charge in [0.2, 0.25) is 5.91 Å². The summed E-state index contributed by atoms with van der Waals surface area (Å²) in [6.45, 7) is 3.73. The Morgan fingerprint density at radius 1 is 0.621 bits per heavy atom. The summed E-state index contributed by atoms with van der Waals surface area (Å²) in [6.07, 6.45) is 14.6. The van der Waals surface area contributed by atoms with E-state index in [9.17, 15) is 9.59 Å². The molecule has 0 radical (unpaired) electrons. The molecule has 4 heterocycles. The number of hydrogen-bond acceptors (Lipinski definition) is 5. The molecule has 5 aliphatic rings. The van der Waals surface area contributed by atoms with E-state index in [1.165, 1.54) is 51.9 Å². The standard InChI is InChI=1S/C26H27Br2ClN2O2.C19H19Br2ClN2.CH4/c27-19-11-18-2-1-17-12-20(29)13-22(28)23(17)24(25(18)30-14-19)15-7-9-31(10-8-15)26(33)16-3-5-21(32)6-4-16;20-14-7-13-2-1-12-8-15(22)9-16(21)17(12)18(19(13)24-10-14)11-3-5-23-6-4-11;/h11-16,24H,1-10H2;7-11,18,23H,1-6H2;1H4/t24-;18-;/m11./s1. The van der Waals surface area contributed by atoms with E-state index in [0.29, 0.717) is 49.2 Å². The van der Waals surface area contributed by atoms with Gasteiger partial charge in [-0.15, -0.1) is 0 Å². The number of carbonyl (C=O) groups is 2. The van der Waals surface area contributed by atoms with Gasteiger partial charge in [0.25, 0.3) is 0 Å². The van der Waals surface area contributed by atoms with Crippen molar-refractivity contribution < 1.29 is 9.59 Å². The van der Waals surface area contributed by atoms with Gasteiger partial charge in [0.15, 0.2) is 0 Å². The van der Waals surface area contributed by atoms with Crippen LogP contribution in [0.2, 0.25) is 10.0 Å². The Hall–Kier alpha value is -1.66. The molecule has 1 amide bonds. The maximum Gasteiger partial charge on any atom is 0.225 e. The summed E-state index contributed by atoms with van der Waals surface area (Å²) in [5.74, 6) is 2.12. The predicted octanol–water partition coefficient (Wildman–Crippen LogP) is 12.6. The fraction of sp³-hybridized carbons (Fsp3) is 0.478. The van der Waals surface area contributed by atoms with Gasteiger partial charge in [0, 0.05) is 84.0 Å². The first kappa shape index (κ1) is 44.4. The van der Waals surface area contributed by atoms with E-state index in [0.717, 1.165) is 98.3 Å². The Labute approximate surface area is 386 Å². The zero-order chi connectivity index (χ0) is 39.8. The van der Waals surface area contributed by atoms with Crippen LogP contribution in [-0.2, 0) is 35.3 Å². The van der Waals surface area contributed by atoms with Crippen molar-refractivity contribution in [3.8, 4) is 0 Å². The number of halogens is 6. The molecule has 2 aromatic heterocycles. The van der Waals surface area contributed by atoms with Crippen molar-refractivity contribution in [2.24, 2.45) is 17.8 Å². The van der Waals surface area contributed by atoms with Crippen LogP contribution in [0.15, 0.2) is 66.7 Å². The lowest BCUT2D eigenvalue weighted by Crippen LogP contribution is -2.43. The number of pyridine rings is 2. The van der Waals surface area contributed by atoms with Gasteiger partial charge in [0.1, 0.15) is 5.78 Å². The van der Waals surface area contributed by atoms with E-state index in [1.54, 1.807) is 0 Å². The van der Waals surface area contributed by atoms with E-state index in [-0.39, 0.29) is 25.2 Å². The van der Waals surface area contributed by atoms with E-state index < -0.39 is 0 Å². The number of hydrogen-bond donors (Lipinski definition) is 1. The van der Waals surface area contributed by atoms with Crippen molar-refractivity contribution in [1.29, 1.82) is 0 Å². The highest BCUT2D eigenvalue weighted by Gasteiger charge is 2.38. The first-order chi connectivity index (χ1) is 27.5. The van der Waals surface area contributed by atoms with Crippen molar-refractivity contribution in [2.45, 2.75) is 96.3 Å². The summed E-state index contributed by atoms with van der Waals surface area (Å²) in [5.41, 5.74) is 10.4. The second-order valence-electron chi connectivity index (χ2n) is 16.3. The molecule has 308 valence electrons. The minimum atomic E-state index is 0. The quantitative estimate of drug-likeness (QED) is 0.221. The number of likely N-dealkylation sites (tertiary alicyclic amines) is 1. The Kier molecular flexibility index (Phi) is 15.0. The van der Waals surface area contributed by atoms with Crippen LogP contribution < -0.4 is 5.32 Å². The number of aryl methyl sites for hydroxylation is 4. The third-order valence-electron chi connectivity index (χ3n) is 12.9. The SMILES string of the molecule is C.Clc1cc(Br)c2c(c1)CCc1cc(Br)cnc1[C@@H]2C1CCNCC1.O=C1CCC(C(=O)N2CCC([C@H]3c4ncc(Br)cc4CCc4cc(Cl)cc(Br)c43)CC2)CC1. The topological polar surface area (TPSA) is 75.2 Å². The first-order valence-corrected chi connectivity index (χ1v) is 24.2. The number of nitrogens with zero attached hydrogens (tertiary/aromatic N) is 3. The van der Waals surface area contributed by atoms with Crippen LogP contribution in [-0.4, -0.2) is 52.7 Å². The number of amides is 1. The smallest absolute Gasteiger partial charge is 0.225 e. The fourth-order valence-electron chi connectivity index (χ4n) is 10.1. The molecule has 2 aliphatic heterocycles. The van der Waals surface area contributed by atoms with Crippen LogP contribution in [0.4, 0.5) is 0 Å². The number of piperidine rings is 2. The van der Waals surface area contributed by atoms with Crippen molar-refractivity contribution in [3.63, 3.8) is 0 Å². The number of Topliss-reactive ketones (excluding diaryl/α,β-unsaturated/α-hetero) is 1. The predicted molar refractivity (Wildman–Crippen MR) is 249 cm³/mol. The van der Waals surface area contributed by atoms with Gasteiger partial charge in [-0.2, -0.15) is 0 Å². The minimum absolute atomic E-state index is 0. The van der Waals surface area contributed by atoms with Crippen molar-refractivity contribution in [2.75, 3.05) is 26.2 Å². The molecular formula is C46H50Br4Cl2N4O2. The van der Waals surface area contributed by atoms with Gasteiger partial charge >= 0.3 is 0 Å². The molecular weight excluding hydrogens is 1030 g/mol. The van der Waals surface area contributed by atoms with Crippen LogP contribution in [0, 0.1) is 17.8 Å². The lowest BCUT2D eigenvalue weighted by Gasteiger charge is -2.38. The molecule has 58 heavy (non-hydrogen) atoms. The molecule has 12 heteroatoms. The highest BCUT2D eigenvalue weighted by molar-refractivity contribution is 9.11. The number of fused-ring (bicyclic) bond motifs is 4. The van der Waals surface area contributed by atoms with E-state index >= 15 is 0 Å². The second-order valence-corrected chi connectivity index (χ2v) is 20.7. The Bertz CT molecular complexity index is 2160. The second kappa shape index (κ2) is 19.6. The van der Waals surface area contributed by atoms with E-state index in [4.69, 9.17) is 33.2 Å². The Balaban J connectivity index is 0.000000182. The van der Waals surface area contributed by atoms with Crippen LogP contribution in [0.25, 0.3) is 0 Å². The van der Waals surface area contributed by atoms with Crippen molar-refractivity contribution in [3.05, 3.63) is 121 Å². The Morgan fingerprint density at radius 3 is 1.55 bits per heavy atom. The Morgan fingerprint density at radius 2 is 1.07 bits per heavy atom. The summed E-state index contributed by atoms with van der Waals surface area (Å²) in [4.78, 5) is 36.5. The molecule has 2 saturated heterocycles. The molecule has 0 bridgehead atoms. The van der Waals surface area contributed by atoms with Crippen LogP contribution in [0.3, 0.4) is 0 Å². The molecule has 3 aliphatic carbocycles. The molecule has 3 fully saturated rings. The fourth-order valence-corrected chi connectivity index (χ4v) is 13.1. The van der Waals surface area contributed by atoms with Crippen molar-refractivity contribution in [1.82, 2.24) is 20.2 Å². The van der Waals surface area contributed by atoms with Crippen LogP contribution >= 0.6 is 86.9 Å². The largest absolute Gasteiger partial charge is 0.342 e. The number of nitrogens with one attached hydrogen (secondary N) is 1. The number of benzene rings is 2. The molecule has 2 aromatic carbocycles. The molecule has 1 N–H and O–H groups in total. The van der Waals surface area contributed by atoms with E-state index in [2.05, 4.69) is 93.3 Å². The molecule has 0 spiro atoms. The van der Waals surface area contributed by atoms with Crippen molar-refractivity contribution >= 4 is 98.6 Å². The molecule has 1 saturated carbocycles. The summed E-state index contributed by atoms with van der Waals surface area (Å²) < 4.78 is 4.26. The zero-order valence-corrected chi connectivity index (χ0v) is 39.6. The highest BCUT2D eigenvalue weighted by Crippen LogP contribution is 2.48. The summed E-state index contributed by atoms with van der Waals surface area (Å²) >= 11 is 27.6.